The highest BCUT2D eigenvalue weighted by molar-refractivity contribution is 5.91. The number of benzene rings is 1. The van der Waals surface area contributed by atoms with E-state index >= 15 is 0 Å². The molecule has 126 valence electrons. The van der Waals surface area contributed by atoms with E-state index in [1.807, 2.05) is 24.3 Å². The van der Waals surface area contributed by atoms with Gasteiger partial charge in [-0.15, -0.1) is 0 Å². The zero-order chi connectivity index (χ0) is 17.7. The zero-order valence-electron chi connectivity index (χ0n) is 13.8. The van der Waals surface area contributed by atoms with Crippen molar-refractivity contribution in [2.24, 2.45) is 0 Å². The van der Waals surface area contributed by atoms with Crippen LogP contribution in [0.15, 0.2) is 42.6 Å². The fraction of sp³-hybridized carbons (Fsp3) is 0.294. The van der Waals surface area contributed by atoms with Gasteiger partial charge in [-0.05, 0) is 45.2 Å². The smallest absolute Gasteiger partial charge is 0.406 e. The van der Waals surface area contributed by atoms with Gasteiger partial charge in [-0.2, -0.15) is 0 Å². The summed E-state index contributed by atoms with van der Waals surface area (Å²) in [5.74, 6) is -0.864. The predicted octanol–water partition coefficient (Wildman–Crippen LogP) is 3.30. The van der Waals surface area contributed by atoms with Crippen molar-refractivity contribution in [1.82, 2.24) is 4.98 Å². The van der Waals surface area contributed by atoms with Crippen LogP contribution in [-0.4, -0.2) is 22.4 Å². The molecule has 1 aromatic carbocycles. The van der Waals surface area contributed by atoms with Crippen molar-refractivity contribution in [3.05, 3.63) is 58.3 Å². The van der Waals surface area contributed by atoms with Gasteiger partial charge >= 0.3 is 5.82 Å². The number of pyridine rings is 1. The maximum atomic E-state index is 11.9. The number of aromatic nitrogens is 1. The van der Waals surface area contributed by atoms with Crippen LogP contribution in [0.2, 0.25) is 0 Å². The lowest BCUT2D eigenvalue weighted by Crippen LogP contribution is -2.20. The van der Waals surface area contributed by atoms with Crippen LogP contribution >= 0.6 is 0 Å². The minimum Gasteiger partial charge on any atom is -0.476 e. The van der Waals surface area contributed by atoms with Crippen molar-refractivity contribution in [2.45, 2.75) is 26.2 Å². The molecule has 0 aliphatic heterocycles. The lowest BCUT2D eigenvalue weighted by molar-refractivity contribution is -0.390. The van der Waals surface area contributed by atoms with Gasteiger partial charge in [0, 0.05) is 5.69 Å². The molecular weight excluding hydrogens is 310 g/mol. The standard InChI is InChI=1S/C17H19N3O4/c1-17(2,3)12-6-8-13(9-7-12)19-15(21)11-24-14-5-4-10-18-16(14)20(22)23/h4-10H,11H2,1-3H3,(H,19,21). The Morgan fingerprint density at radius 3 is 2.50 bits per heavy atom. The van der Waals surface area contributed by atoms with Crippen LogP contribution in [-0.2, 0) is 10.2 Å². The second-order valence-corrected chi connectivity index (χ2v) is 6.25. The van der Waals surface area contributed by atoms with Gasteiger partial charge in [0.25, 0.3) is 5.91 Å². The number of carbonyl (C=O) groups is 1. The summed E-state index contributed by atoms with van der Waals surface area (Å²) in [6.07, 6.45) is 1.29. The summed E-state index contributed by atoms with van der Waals surface area (Å²) in [4.78, 5) is 25.7. The SMILES string of the molecule is CC(C)(C)c1ccc(NC(=O)COc2cccnc2[N+](=O)[O-])cc1. The fourth-order valence-corrected chi connectivity index (χ4v) is 2.03. The van der Waals surface area contributed by atoms with Crippen LogP contribution < -0.4 is 10.1 Å². The highest BCUT2D eigenvalue weighted by atomic mass is 16.6. The number of hydrogen-bond acceptors (Lipinski definition) is 5. The molecular formula is C17H19N3O4. The first kappa shape index (κ1) is 17.4. The number of anilines is 1. The van der Waals surface area contributed by atoms with Gasteiger partial charge < -0.3 is 20.2 Å². The molecule has 0 saturated carbocycles. The van der Waals surface area contributed by atoms with E-state index in [1.54, 1.807) is 0 Å². The molecule has 0 spiro atoms. The van der Waals surface area contributed by atoms with Crippen molar-refractivity contribution < 1.29 is 14.5 Å². The molecule has 0 fully saturated rings. The lowest BCUT2D eigenvalue weighted by atomic mass is 9.87. The molecule has 0 saturated heterocycles. The summed E-state index contributed by atoms with van der Waals surface area (Å²) < 4.78 is 5.19. The largest absolute Gasteiger partial charge is 0.476 e. The van der Waals surface area contributed by atoms with Crippen LogP contribution in [0.1, 0.15) is 26.3 Å². The zero-order valence-corrected chi connectivity index (χ0v) is 13.8. The first-order valence-electron chi connectivity index (χ1n) is 7.40. The van der Waals surface area contributed by atoms with Crippen molar-refractivity contribution in [1.29, 1.82) is 0 Å². The highest BCUT2D eigenvalue weighted by Crippen LogP contribution is 2.24. The third-order valence-corrected chi connectivity index (χ3v) is 3.32. The van der Waals surface area contributed by atoms with E-state index in [-0.39, 0.29) is 17.8 Å². The molecule has 0 unspecified atom stereocenters. The molecule has 24 heavy (non-hydrogen) atoms. The quantitative estimate of drug-likeness (QED) is 0.671. The number of amides is 1. The van der Waals surface area contributed by atoms with Gasteiger partial charge in [0.05, 0.1) is 0 Å². The van der Waals surface area contributed by atoms with Gasteiger partial charge in [0.15, 0.2) is 6.61 Å². The van der Waals surface area contributed by atoms with E-state index in [0.717, 1.165) is 5.56 Å². The van der Waals surface area contributed by atoms with Crippen molar-refractivity contribution in [3.63, 3.8) is 0 Å². The molecule has 0 radical (unpaired) electrons. The summed E-state index contributed by atoms with van der Waals surface area (Å²) in [7, 11) is 0. The van der Waals surface area contributed by atoms with Gasteiger partial charge in [-0.25, -0.2) is 0 Å². The number of carbonyl (C=O) groups excluding carboxylic acids is 1. The van der Waals surface area contributed by atoms with Gasteiger partial charge in [-0.3, -0.25) is 4.79 Å². The van der Waals surface area contributed by atoms with Crippen LogP contribution in [0.3, 0.4) is 0 Å². The van der Waals surface area contributed by atoms with E-state index in [4.69, 9.17) is 4.74 Å². The molecule has 1 N–H and O–H groups in total. The molecule has 7 nitrogen and oxygen atoms in total. The lowest BCUT2D eigenvalue weighted by Gasteiger charge is -2.19. The Bertz CT molecular complexity index is 736. The Morgan fingerprint density at radius 1 is 1.25 bits per heavy atom. The highest BCUT2D eigenvalue weighted by Gasteiger charge is 2.17. The molecule has 0 atom stereocenters. The van der Waals surface area contributed by atoms with Crippen molar-refractivity contribution in [2.75, 3.05) is 11.9 Å². The van der Waals surface area contributed by atoms with E-state index < -0.39 is 16.6 Å². The minimum atomic E-state index is -0.654. The summed E-state index contributed by atoms with van der Waals surface area (Å²) in [5.41, 5.74) is 1.82. The molecule has 0 aliphatic rings. The Labute approximate surface area is 139 Å². The van der Waals surface area contributed by atoms with Gasteiger partial charge in [0.1, 0.15) is 6.20 Å². The van der Waals surface area contributed by atoms with E-state index in [9.17, 15) is 14.9 Å². The second kappa shape index (κ2) is 7.08. The number of nitrogens with one attached hydrogen (secondary N) is 1. The molecule has 2 rings (SSSR count). The van der Waals surface area contributed by atoms with Crippen LogP contribution in [0.5, 0.6) is 5.75 Å². The number of ether oxygens (including phenoxy) is 1. The fourth-order valence-electron chi connectivity index (χ4n) is 2.03. The average molecular weight is 329 g/mol. The number of rotatable bonds is 5. The maximum absolute atomic E-state index is 11.9. The molecule has 1 aromatic heterocycles. The van der Waals surface area contributed by atoms with E-state index in [1.165, 1.54) is 18.3 Å². The molecule has 1 amide bonds. The third-order valence-electron chi connectivity index (χ3n) is 3.32. The van der Waals surface area contributed by atoms with Crippen LogP contribution in [0, 0.1) is 10.1 Å². The molecule has 1 heterocycles. The third kappa shape index (κ3) is 4.52. The summed E-state index contributed by atoms with van der Waals surface area (Å²) in [6.45, 7) is 5.98. The second-order valence-electron chi connectivity index (χ2n) is 6.25. The average Bonchev–Trinajstić information content (AvgIpc) is 2.53. The van der Waals surface area contributed by atoms with Crippen molar-refractivity contribution in [3.8, 4) is 5.75 Å². The predicted molar refractivity (Wildman–Crippen MR) is 90.2 cm³/mol. The molecule has 7 heteroatoms. The normalized spacial score (nSPS) is 11.0. The first-order chi connectivity index (χ1) is 11.3. The number of nitro groups is 1. The molecule has 2 aromatic rings. The monoisotopic (exact) mass is 329 g/mol. The Morgan fingerprint density at radius 2 is 1.92 bits per heavy atom. The maximum Gasteiger partial charge on any atom is 0.406 e. The van der Waals surface area contributed by atoms with Gasteiger partial charge in [-0.1, -0.05) is 32.9 Å². The van der Waals surface area contributed by atoms with Crippen LogP contribution in [0.4, 0.5) is 11.5 Å². The Hall–Kier alpha value is -2.96. The molecule has 0 aliphatic carbocycles. The number of nitrogens with zero attached hydrogens (tertiary/aromatic N) is 2. The number of hydrogen-bond donors (Lipinski definition) is 1. The molecule has 0 bridgehead atoms. The van der Waals surface area contributed by atoms with E-state index in [2.05, 4.69) is 31.1 Å². The topological polar surface area (TPSA) is 94.4 Å². The van der Waals surface area contributed by atoms with Crippen molar-refractivity contribution >= 4 is 17.4 Å². The Kier molecular flexibility index (Phi) is 5.13. The Balaban J connectivity index is 1.96. The minimum absolute atomic E-state index is 0.0326. The van der Waals surface area contributed by atoms with Crippen LogP contribution in [0.25, 0.3) is 0 Å². The summed E-state index contributed by atoms with van der Waals surface area (Å²) in [5, 5.41) is 13.5. The first-order valence-corrected chi connectivity index (χ1v) is 7.40. The van der Waals surface area contributed by atoms with Gasteiger partial charge in [0.2, 0.25) is 5.75 Å². The van der Waals surface area contributed by atoms with E-state index in [0.29, 0.717) is 5.69 Å². The summed E-state index contributed by atoms with van der Waals surface area (Å²) in [6, 6.07) is 10.4. The summed E-state index contributed by atoms with van der Waals surface area (Å²) >= 11 is 0.